The highest BCUT2D eigenvalue weighted by Crippen LogP contribution is 2.29. The SMILES string of the molecule is CNC(=O)COc1c(Cl)cccc1/C=C/C(=O)O. The van der Waals surface area contributed by atoms with Crippen molar-refractivity contribution in [3.05, 3.63) is 34.9 Å². The number of ether oxygens (including phenoxy) is 1. The van der Waals surface area contributed by atoms with E-state index in [9.17, 15) is 9.59 Å². The van der Waals surface area contributed by atoms with Crippen molar-refractivity contribution in [2.75, 3.05) is 13.7 Å². The van der Waals surface area contributed by atoms with E-state index < -0.39 is 5.97 Å². The second kappa shape index (κ2) is 6.66. The smallest absolute Gasteiger partial charge is 0.328 e. The predicted octanol–water partition coefficient (Wildman–Crippen LogP) is 1.56. The fourth-order valence-corrected chi connectivity index (χ4v) is 1.42. The van der Waals surface area contributed by atoms with Crippen molar-refractivity contribution in [3.63, 3.8) is 0 Å². The minimum absolute atomic E-state index is 0.186. The molecule has 0 radical (unpaired) electrons. The van der Waals surface area contributed by atoms with Crippen molar-refractivity contribution >= 4 is 29.6 Å². The molecule has 0 aliphatic carbocycles. The molecule has 2 N–H and O–H groups in total. The molecular formula is C12H12ClNO4. The number of rotatable bonds is 5. The van der Waals surface area contributed by atoms with Crippen LogP contribution in [0.25, 0.3) is 6.08 Å². The summed E-state index contributed by atoms with van der Waals surface area (Å²) < 4.78 is 5.26. The lowest BCUT2D eigenvalue weighted by atomic mass is 10.2. The summed E-state index contributed by atoms with van der Waals surface area (Å²) in [6, 6.07) is 4.90. The predicted molar refractivity (Wildman–Crippen MR) is 67.7 cm³/mol. The number of carboxylic acid groups (broad SMARTS) is 1. The van der Waals surface area contributed by atoms with E-state index in [1.807, 2.05) is 0 Å². The van der Waals surface area contributed by atoms with Crippen molar-refractivity contribution in [2.24, 2.45) is 0 Å². The van der Waals surface area contributed by atoms with E-state index in [1.54, 1.807) is 18.2 Å². The van der Waals surface area contributed by atoms with Gasteiger partial charge in [0.15, 0.2) is 6.61 Å². The average molecular weight is 270 g/mol. The third kappa shape index (κ3) is 4.10. The first-order chi connectivity index (χ1) is 8.54. The van der Waals surface area contributed by atoms with Gasteiger partial charge in [0.1, 0.15) is 5.75 Å². The van der Waals surface area contributed by atoms with Gasteiger partial charge in [0.05, 0.1) is 5.02 Å². The van der Waals surface area contributed by atoms with Crippen LogP contribution in [0.5, 0.6) is 5.75 Å². The zero-order valence-corrected chi connectivity index (χ0v) is 10.4. The summed E-state index contributed by atoms with van der Waals surface area (Å²) in [5.41, 5.74) is 0.494. The molecule has 0 bridgehead atoms. The topological polar surface area (TPSA) is 75.6 Å². The Morgan fingerprint density at radius 2 is 2.22 bits per heavy atom. The van der Waals surface area contributed by atoms with Crippen LogP contribution >= 0.6 is 11.6 Å². The van der Waals surface area contributed by atoms with Crippen LogP contribution in [0.3, 0.4) is 0 Å². The van der Waals surface area contributed by atoms with Crippen LogP contribution < -0.4 is 10.1 Å². The molecule has 0 saturated carbocycles. The first-order valence-electron chi connectivity index (χ1n) is 5.07. The summed E-state index contributed by atoms with van der Waals surface area (Å²) in [7, 11) is 1.49. The second-order valence-electron chi connectivity index (χ2n) is 3.29. The number of hydrogen-bond donors (Lipinski definition) is 2. The fourth-order valence-electron chi connectivity index (χ4n) is 1.18. The lowest BCUT2D eigenvalue weighted by molar-refractivity contribution is -0.131. The van der Waals surface area contributed by atoms with Gasteiger partial charge in [-0.05, 0) is 12.1 Å². The average Bonchev–Trinajstić information content (AvgIpc) is 2.34. The Hall–Kier alpha value is -2.01. The highest BCUT2D eigenvalue weighted by Gasteiger charge is 2.08. The second-order valence-corrected chi connectivity index (χ2v) is 3.70. The molecule has 0 aliphatic rings. The number of likely N-dealkylation sites (N-methyl/N-ethyl adjacent to an activating group) is 1. The number of aliphatic carboxylic acids is 1. The van der Waals surface area contributed by atoms with Crippen LogP contribution in [-0.2, 0) is 9.59 Å². The summed E-state index contributed by atoms with van der Waals surface area (Å²) in [4.78, 5) is 21.5. The van der Waals surface area contributed by atoms with E-state index in [2.05, 4.69) is 5.32 Å². The van der Waals surface area contributed by atoms with Gasteiger partial charge in [-0.25, -0.2) is 4.79 Å². The lowest BCUT2D eigenvalue weighted by Gasteiger charge is -2.10. The molecule has 0 aliphatic heterocycles. The van der Waals surface area contributed by atoms with Gasteiger partial charge < -0.3 is 15.2 Å². The number of carboxylic acids is 1. The Kier molecular flexibility index (Phi) is 5.20. The number of amides is 1. The maximum atomic E-state index is 11.1. The van der Waals surface area contributed by atoms with Crippen molar-refractivity contribution < 1.29 is 19.4 Å². The Labute approximate surface area is 109 Å². The van der Waals surface area contributed by atoms with Gasteiger partial charge in [0, 0.05) is 18.7 Å². The van der Waals surface area contributed by atoms with Gasteiger partial charge in [0.25, 0.3) is 5.91 Å². The Morgan fingerprint density at radius 1 is 1.50 bits per heavy atom. The molecule has 0 aromatic heterocycles. The highest BCUT2D eigenvalue weighted by atomic mass is 35.5. The summed E-state index contributed by atoms with van der Waals surface area (Å²) in [5.74, 6) is -1.10. The van der Waals surface area contributed by atoms with Crippen LogP contribution in [-0.4, -0.2) is 30.6 Å². The zero-order valence-electron chi connectivity index (χ0n) is 9.64. The molecule has 5 nitrogen and oxygen atoms in total. The van der Waals surface area contributed by atoms with Gasteiger partial charge in [-0.3, -0.25) is 4.79 Å². The number of halogens is 1. The van der Waals surface area contributed by atoms with Gasteiger partial charge in [-0.1, -0.05) is 23.7 Å². The molecule has 0 atom stereocenters. The molecule has 1 amide bonds. The quantitative estimate of drug-likeness (QED) is 0.796. The first kappa shape index (κ1) is 14.1. The number of hydrogen-bond acceptors (Lipinski definition) is 3. The lowest BCUT2D eigenvalue weighted by Crippen LogP contribution is -2.25. The molecule has 0 fully saturated rings. The number of carbonyl (C=O) groups excluding carboxylic acids is 1. The molecular weight excluding hydrogens is 258 g/mol. The minimum atomic E-state index is -1.08. The molecule has 0 spiro atoms. The van der Waals surface area contributed by atoms with Crippen LogP contribution in [0.1, 0.15) is 5.56 Å². The fraction of sp³-hybridized carbons (Fsp3) is 0.167. The largest absolute Gasteiger partial charge is 0.482 e. The van der Waals surface area contributed by atoms with Gasteiger partial charge >= 0.3 is 5.97 Å². The third-order valence-corrected chi connectivity index (χ3v) is 2.33. The standard InChI is InChI=1S/C12H12ClNO4/c1-14-10(15)7-18-12-8(5-6-11(16)17)3-2-4-9(12)13/h2-6H,7H2,1H3,(H,14,15)(H,16,17)/b6-5+. The summed E-state index contributed by atoms with van der Waals surface area (Å²) in [6.07, 6.45) is 2.33. The number of nitrogens with one attached hydrogen (secondary N) is 1. The number of carbonyl (C=O) groups is 2. The highest BCUT2D eigenvalue weighted by molar-refractivity contribution is 6.32. The van der Waals surface area contributed by atoms with E-state index in [0.29, 0.717) is 10.6 Å². The van der Waals surface area contributed by atoms with Gasteiger partial charge in [0.2, 0.25) is 0 Å². The summed E-state index contributed by atoms with van der Waals surface area (Å²) >= 11 is 5.93. The van der Waals surface area contributed by atoms with E-state index >= 15 is 0 Å². The monoisotopic (exact) mass is 269 g/mol. The molecule has 1 rings (SSSR count). The first-order valence-corrected chi connectivity index (χ1v) is 5.45. The number of benzene rings is 1. The van der Waals surface area contributed by atoms with Gasteiger partial charge in [-0.2, -0.15) is 0 Å². The van der Waals surface area contributed by atoms with Crippen LogP contribution in [0, 0.1) is 0 Å². The minimum Gasteiger partial charge on any atom is -0.482 e. The Bertz CT molecular complexity index is 485. The molecule has 6 heteroatoms. The van der Waals surface area contributed by atoms with Crippen molar-refractivity contribution in [2.45, 2.75) is 0 Å². The molecule has 18 heavy (non-hydrogen) atoms. The van der Waals surface area contributed by atoms with Crippen molar-refractivity contribution in [1.29, 1.82) is 0 Å². The zero-order chi connectivity index (χ0) is 13.5. The molecule has 0 unspecified atom stereocenters. The van der Waals surface area contributed by atoms with Gasteiger partial charge in [-0.15, -0.1) is 0 Å². The Morgan fingerprint density at radius 3 is 2.83 bits per heavy atom. The molecule has 1 aromatic carbocycles. The molecule has 1 aromatic rings. The maximum absolute atomic E-state index is 11.1. The van der Waals surface area contributed by atoms with Crippen molar-refractivity contribution in [3.8, 4) is 5.75 Å². The van der Waals surface area contributed by atoms with Crippen LogP contribution in [0.2, 0.25) is 5.02 Å². The molecule has 96 valence electrons. The molecule has 0 saturated heterocycles. The van der Waals surface area contributed by atoms with E-state index in [-0.39, 0.29) is 18.3 Å². The third-order valence-electron chi connectivity index (χ3n) is 2.03. The van der Waals surface area contributed by atoms with Crippen LogP contribution in [0.15, 0.2) is 24.3 Å². The van der Waals surface area contributed by atoms with E-state index in [0.717, 1.165) is 6.08 Å². The summed E-state index contributed by atoms with van der Waals surface area (Å²) in [6.45, 7) is -0.186. The molecule has 0 heterocycles. The Balaban J connectivity index is 2.93. The van der Waals surface area contributed by atoms with Crippen LogP contribution in [0.4, 0.5) is 0 Å². The normalized spacial score (nSPS) is 10.3. The van der Waals surface area contributed by atoms with Crippen molar-refractivity contribution in [1.82, 2.24) is 5.32 Å². The maximum Gasteiger partial charge on any atom is 0.328 e. The van der Waals surface area contributed by atoms with E-state index in [1.165, 1.54) is 13.1 Å². The summed E-state index contributed by atoms with van der Waals surface area (Å²) in [5, 5.41) is 11.3. The number of para-hydroxylation sites is 1. The van der Waals surface area contributed by atoms with E-state index in [4.69, 9.17) is 21.4 Å².